The van der Waals surface area contributed by atoms with E-state index >= 15 is 0 Å². The number of hydrogen-bond acceptors (Lipinski definition) is 3. The number of halogens is 2. The lowest BCUT2D eigenvalue weighted by atomic mass is 10.1. The summed E-state index contributed by atoms with van der Waals surface area (Å²) in [6.45, 7) is 4.42. The van der Waals surface area contributed by atoms with Crippen LogP contribution < -0.4 is 0 Å². The maximum atomic E-state index is 13.1. The average molecular weight is 293 g/mol. The van der Waals surface area contributed by atoms with E-state index in [1.54, 1.807) is 6.92 Å². The minimum absolute atomic E-state index is 0.0878. The second-order valence-electron chi connectivity index (χ2n) is 4.85. The van der Waals surface area contributed by atoms with Crippen molar-refractivity contribution >= 4 is 10.0 Å². The van der Waals surface area contributed by atoms with E-state index in [-0.39, 0.29) is 13.1 Å². The molecule has 108 valence electrons. The van der Waals surface area contributed by atoms with Gasteiger partial charge in [0.1, 0.15) is 11.6 Å². The van der Waals surface area contributed by atoms with E-state index in [1.807, 2.05) is 0 Å². The molecule has 0 spiro atoms. The highest BCUT2D eigenvalue weighted by molar-refractivity contribution is 7.89. The van der Waals surface area contributed by atoms with Gasteiger partial charge in [-0.25, -0.2) is 17.2 Å². The molecule has 0 saturated carbocycles. The molecule has 0 aromatic heterocycles. The number of likely N-dealkylation sites (N-methyl/N-ethyl adjacent to an activating group) is 1. The first kappa shape index (κ1) is 16.0. The van der Waals surface area contributed by atoms with Crippen LogP contribution in [-0.4, -0.2) is 36.5 Å². The van der Waals surface area contributed by atoms with Crippen LogP contribution in [0.2, 0.25) is 0 Å². The van der Waals surface area contributed by atoms with Gasteiger partial charge in [-0.1, -0.05) is 6.92 Å². The van der Waals surface area contributed by atoms with Gasteiger partial charge < -0.3 is 5.11 Å². The zero-order valence-electron chi connectivity index (χ0n) is 11.0. The van der Waals surface area contributed by atoms with E-state index in [1.165, 1.54) is 13.8 Å². The van der Waals surface area contributed by atoms with Crippen LogP contribution in [0, 0.1) is 11.6 Å². The quantitative estimate of drug-likeness (QED) is 0.899. The van der Waals surface area contributed by atoms with Crippen molar-refractivity contribution in [1.29, 1.82) is 0 Å². The van der Waals surface area contributed by atoms with Gasteiger partial charge in [-0.2, -0.15) is 4.31 Å². The van der Waals surface area contributed by atoms with Crippen LogP contribution in [0.15, 0.2) is 23.1 Å². The fourth-order valence-electron chi connectivity index (χ4n) is 1.62. The summed E-state index contributed by atoms with van der Waals surface area (Å²) in [6.07, 6.45) is 0. The van der Waals surface area contributed by atoms with Crippen molar-refractivity contribution in [1.82, 2.24) is 4.31 Å². The average Bonchev–Trinajstić information content (AvgIpc) is 2.23. The normalized spacial score (nSPS) is 13.0. The van der Waals surface area contributed by atoms with Crippen LogP contribution in [0.5, 0.6) is 0 Å². The molecule has 0 fully saturated rings. The van der Waals surface area contributed by atoms with Crippen LogP contribution in [-0.2, 0) is 10.0 Å². The standard InChI is InChI=1S/C12H17F2NO3S/c1-4-15(8-12(2,3)16)19(17,18)11-6-9(13)5-10(14)7-11/h5-7,16H,4,8H2,1-3H3. The van der Waals surface area contributed by atoms with Gasteiger partial charge in [-0.15, -0.1) is 0 Å². The Morgan fingerprint density at radius 2 is 1.68 bits per heavy atom. The maximum absolute atomic E-state index is 13.1. The van der Waals surface area contributed by atoms with Crippen molar-refractivity contribution in [3.8, 4) is 0 Å². The molecule has 0 unspecified atom stereocenters. The van der Waals surface area contributed by atoms with Crippen molar-refractivity contribution in [3.05, 3.63) is 29.8 Å². The number of benzene rings is 1. The SMILES string of the molecule is CCN(CC(C)(C)O)S(=O)(=O)c1cc(F)cc(F)c1. The van der Waals surface area contributed by atoms with E-state index in [4.69, 9.17) is 0 Å². The molecule has 0 aliphatic carbocycles. The predicted octanol–water partition coefficient (Wildman–Crippen LogP) is 1.75. The zero-order valence-corrected chi connectivity index (χ0v) is 11.8. The molecule has 1 N–H and O–H groups in total. The van der Waals surface area contributed by atoms with Gasteiger partial charge >= 0.3 is 0 Å². The number of hydrogen-bond donors (Lipinski definition) is 1. The number of sulfonamides is 1. The second kappa shape index (κ2) is 5.52. The summed E-state index contributed by atoms with van der Waals surface area (Å²) in [5, 5.41) is 9.68. The third-order valence-corrected chi connectivity index (χ3v) is 4.29. The Balaban J connectivity index is 3.20. The largest absolute Gasteiger partial charge is 0.389 e. The first-order valence-electron chi connectivity index (χ1n) is 5.75. The molecule has 19 heavy (non-hydrogen) atoms. The first-order valence-corrected chi connectivity index (χ1v) is 7.19. The Morgan fingerprint density at radius 1 is 1.21 bits per heavy atom. The van der Waals surface area contributed by atoms with Crippen molar-refractivity contribution in [2.45, 2.75) is 31.3 Å². The molecule has 1 aromatic carbocycles. The predicted molar refractivity (Wildman–Crippen MR) is 67.1 cm³/mol. The lowest BCUT2D eigenvalue weighted by Crippen LogP contribution is -2.42. The summed E-state index contributed by atoms with van der Waals surface area (Å²) in [4.78, 5) is -0.462. The lowest BCUT2D eigenvalue weighted by molar-refractivity contribution is 0.0601. The van der Waals surface area contributed by atoms with E-state index in [2.05, 4.69) is 0 Å². The van der Waals surface area contributed by atoms with Gasteiger partial charge in [-0.3, -0.25) is 0 Å². The summed E-state index contributed by atoms with van der Waals surface area (Å²) >= 11 is 0. The van der Waals surface area contributed by atoms with Gasteiger partial charge in [0.05, 0.1) is 10.5 Å². The first-order chi connectivity index (χ1) is 8.56. The van der Waals surface area contributed by atoms with E-state index < -0.39 is 32.2 Å². The molecule has 0 aliphatic heterocycles. The highest BCUT2D eigenvalue weighted by atomic mass is 32.2. The second-order valence-corrected chi connectivity index (χ2v) is 6.79. The van der Waals surface area contributed by atoms with Crippen LogP contribution in [0.4, 0.5) is 8.78 Å². The molecule has 0 heterocycles. The van der Waals surface area contributed by atoms with Gasteiger partial charge in [0.2, 0.25) is 10.0 Å². The van der Waals surface area contributed by atoms with Crippen molar-refractivity contribution in [3.63, 3.8) is 0 Å². The third-order valence-electron chi connectivity index (χ3n) is 2.39. The third kappa shape index (κ3) is 4.22. The van der Waals surface area contributed by atoms with Crippen LogP contribution >= 0.6 is 0 Å². The Kier molecular flexibility index (Phi) is 4.65. The smallest absolute Gasteiger partial charge is 0.243 e. The minimum Gasteiger partial charge on any atom is -0.389 e. The molecule has 0 atom stereocenters. The number of rotatable bonds is 5. The van der Waals surface area contributed by atoms with Gasteiger partial charge in [0.25, 0.3) is 0 Å². The molecule has 0 bridgehead atoms. The summed E-state index contributed by atoms with van der Waals surface area (Å²) in [5.74, 6) is -1.92. The summed E-state index contributed by atoms with van der Waals surface area (Å²) < 4.78 is 51.6. The Hall–Kier alpha value is -1.05. The molecular weight excluding hydrogens is 276 g/mol. The minimum atomic E-state index is -4.04. The molecule has 0 saturated heterocycles. The van der Waals surface area contributed by atoms with Gasteiger partial charge in [-0.05, 0) is 26.0 Å². The van der Waals surface area contributed by atoms with E-state index in [9.17, 15) is 22.3 Å². The molecular formula is C12H17F2NO3S. The monoisotopic (exact) mass is 293 g/mol. The topological polar surface area (TPSA) is 57.6 Å². The summed E-state index contributed by atoms with van der Waals surface area (Å²) in [5.41, 5.74) is -1.24. The molecule has 4 nitrogen and oxygen atoms in total. The summed E-state index contributed by atoms with van der Waals surface area (Å²) in [7, 11) is -4.04. The van der Waals surface area contributed by atoms with Crippen molar-refractivity contribution in [2.75, 3.05) is 13.1 Å². The van der Waals surface area contributed by atoms with Crippen LogP contribution in [0.1, 0.15) is 20.8 Å². The molecule has 0 radical (unpaired) electrons. The van der Waals surface area contributed by atoms with Crippen molar-refractivity contribution < 1.29 is 22.3 Å². The number of nitrogens with zero attached hydrogens (tertiary/aromatic N) is 1. The van der Waals surface area contributed by atoms with E-state index in [0.29, 0.717) is 6.07 Å². The Bertz CT molecular complexity index is 532. The van der Waals surface area contributed by atoms with Crippen molar-refractivity contribution in [2.24, 2.45) is 0 Å². The fraction of sp³-hybridized carbons (Fsp3) is 0.500. The van der Waals surface area contributed by atoms with Gasteiger partial charge in [0, 0.05) is 19.2 Å². The van der Waals surface area contributed by atoms with Crippen LogP contribution in [0.3, 0.4) is 0 Å². The highest BCUT2D eigenvalue weighted by Crippen LogP contribution is 2.20. The molecule has 7 heteroatoms. The van der Waals surface area contributed by atoms with E-state index in [0.717, 1.165) is 16.4 Å². The fourth-order valence-corrected chi connectivity index (χ4v) is 3.27. The van der Waals surface area contributed by atoms with Crippen LogP contribution in [0.25, 0.3) is 0 Å². The maximum Gasteiger partial charge on any atom is 0.243 e. The lowest BCUT2D eigenvalue weighted by Gasteiger charge is -2.27. The van der Waals surface area contributed by atoms with Gasteiger partial charge in [0.15, 0.2) is 0 Å². The number of aliphatic hydroxyl groups is 1. The highest BCUT2D eigenvalue weighted by Gasteiger charge is 2.29. The molecule has 0 amide bonds. The molecule has 1 aromatic rings. The summed E-state index contributed by atoms with van der Waals surface area (Å²) in [6, 6.07) is 2.11. The Morgan fingerprint density at radius 3 is 2.05 bits per heavy atom. The molecule has 0 aliphatic rings. The zero-order chi connectivity index (χ0) is 14.8. The Labute approximate surface area is 111 Å². The molecule has 1 rings (SSSR count).